The molecule has 2 aromatic rings. The van der Waals surface area contributed by atoms with E-state index in [-0.39, 0.29) is 0 Å². The predicted molar refractivity (Wildman–Crippen MR) is 62.5 cm³/mol. The molecule has 1 unspecified atom stereocenters. The van der Waals surface area contributed by atoms with Gasteiger partial charge in [-0.2, -0.15) is 0 Å². The Hall–Kier alpha value is -1.30. The number of hydrogen-bond acceptors (Lipinski definition) is 0. The molecule has 0 amide bonds. The van der Waals surface area contributed by atoms with Gasteiger partial charge in [-0.15, -0.1) is 0 Å². The summed E-state index contributed by atoms with van der Waals surface area (Å²) in [6, 6.07) is 13.0. The molecule has 0 saturated carbocycles. The van der Waals surface area contributed by atoms with Crippen molar-refractivity contribution in [1.82, 2.24) is 0 Å². The summed E-state index contributed by atoms with van der Waals surface area (Å²) < 4.78 is 0. The predicted octanol–water partition coefficient (Wildman–Crippen LogP) is 4.09. The number of aryl methyl sites for hydroxylation is 1. The van der Waals surface area contributed by atoms with Crippen LogP contribution >= 0.6 is 0 Å². The van der Waals surface area contributed by atoms with Gasteiger partial charge in [0, 0.05) is 0 Å². The van der Waals surface area contributed by atoms with E-state index in [0.29, 0.717) is 5.92 Å². The van der Waals surface area contributed by atoms with Gasteiger partial charge in [-0.3, -0.25) is 0 Å². The van der Waals surface area contributed by atoms with Gasteiger partial charge in [0.25, 0.3) is 0 Å². The summed E-state index contributed by atoms with van der Waals surface area (Å²) in [4.78, 5) is 0. The Balaban J connectivity index is 2.80. The van der Waals surface area contributed by atoms with Crippen molar-refractivity contribution in [3.05, 3.63) is 54.4 Å². The highest BCUT2D eigenvalue weighted by Crippen LogP contribution is 2.26. The van der Waals surface area contributed by atoms with Crippen molar-refractivity contribution in [1.29, 1.82) is 0 Å². The van der Waals surface area contributed by atoms with Crippen LogP contribution in [0.2, 0.25) is 0 Å². The van der Waals surface area contributed by atoms with Gasteiger partial charge < -0.3 is 0 Å². The van der Waals surface area contributed by atoms with Crippen LogP contribution in [0.3, 0.4) is 0 Å². The second kappa shape index (κ2) is 3.45. The molecule has 71 valence electrons. The Bertz CT molecular complexity index is 453. The summed E-state index contributed by atoms with van der Waals surface area (Å²) in [5, 5.41) is 2.65. The lowest BCUT2D eigenvalue weighted by molar-refractivity contribution is 0.974. The molecule has 14 heavy (non-hydrogen) atoms. The van der Waals surface area contributed by atoms with Crippen molar-refractivity contribution >= 4 is 10.8 Å². The number of fused-ring (bicyclic) bond motifs is 1. The molecule has 0 spiro atoms. The number of rotatable bonds is 1. The zero-order valence-electron chi connectivity index (χ0n) is 8.75. The fourth-order valence-corrected chi connectivity index (χ4v) is 1.90. The van der Waals surface area contributed by atoms with Crippen LogP contribution in [0.1, 0.15) is 24.0 Å². The summed E-state index contributed by atoms with van der Waals surface area (Å²) in [5.41, 5.74) is 2.66. The third-order valence-corrected chi connectivity index (χ3v) is 2.57. The minimum atomic E-state index is 0.347. The largest absolute Gasteiger partial charge is 0.0616 e. The third kappa shape index (κ3) is 1.52. The molecule has 0 aliphatic carbocycles. The summed E-state index contributed by atoms with van der Waals surface area (Å²) in [5.74, 6) is 0.347. The van der Waals surface area contributed by atoms with Crippen molar-refractivity contribution in [2.45, 2.75) is 19.8 Å². The lowest BCUT2D eigenvalue weighted by atomic mass is 9.94. The first-order valence-electron chi connectivity index (χ1n) is 5.01. The van der Waals surface area contributed by atoms with Crippen LogP contribution in [0.25, 0.3) is 10.8 Å². The van der Waals surface area contributed by atoms with E-state index in [4.69, 9.17) is 0 Å². The minimum absolute atomic E-state index is 0.347. The molecule has 1 radical (unpaired) electrons. The van der Waals surface area contributed by atoms with Gasteiger partial charge in [0.2, 0.25) is 0 Å². The molecular formula is C14H15. The smallest absolute Gasteiger partial charge is 0.0149 e. The maximum atomic E-state index is 4.10. The van der Waals surface area contributed by atoms with Crippen molar-refractivity contribution in [3.8, 4) is 0 Å². The van der Waals surface area contributed by atoms with E-state index >= 15 is 0 Å². The van der Waals surface area contributed by atoms with E-state index in [1.165, 1.54) is 21.9 Å². The molecule has 2 rings (SSSR count). The Labute approximate surface area is 85.6 Å². The van der Waals surface area contributed by atoms with Crippen molar-refractivity contribution in [2.75, 3.05) is 0 Å². The van der Waals surface area contributed by atoms with Crippen molar-refractivity contribution in [2.24, 2.45) is 0 Å². The summed E-state index contributed by atoms with van der Waals surface area (Å²) in [6.07, 6.45) is 0. The first-order chi connectivity index (χ1) is 6.68. The summed E-state index contributed by atoms with van der Waals surface area (Å²) in [6.45, 7) is 8.38. The minimum Gasteiger partial charge on any atom is -0.0616 e. The standard InChI is InChI=1S/C14H15/c1-10(2)14-9-11(3)8-12-6-4-5-7-13(12)14/h4-10H,1H2,2-3H3. The fourth-order valence-electron chi connectivity index (χ4n) is 1.90. The average Bonchev–Trinajstić information content (AvgIpc) is 2.16. The highest BCUT2D eigenvalue weighted by molar-refractivity contribution is 5.86. The van der Waals surface area contributed by atoms with Gasteiger partial charge >= 0.3 is 0 Å². The molecule has 0 aromatic heterocycles. The first kappa shape index (κ1) is 9.26. The molecule has 0 heterocycles. The Morgan fingerprint density at radius 1 is 1.14 bits per heavy atom. The average molecular weight is 183 g/mol. The maximum absolute atomic E-state index is 4.10. The first-order valence-corrected chi connectivity index (χ1v) is 5.01. The Kier molecular flexibility index (Phi) is 2.28. The summed E-state index contributed by atoms with van der Waals surface area (Å²) in [7, 11) is 0. The molecule has 0 fully saturated rings. The quantitative estimate of drug-likeness (QED) is 0.624. The molecule has 1 atom stereocenters. The van der Waals surface area contributed by atoms with E-state index in [9.17, 15) is 0 Å². The fraction of sp³-hybridized carbons (Fsp3) is 0.214. The highest BCUT2D eigenvalue weighted by atomic mass is 14.1. The van der Waals surface area contributed by atoms with Gasteiger partial charge in [-0.1, -0.05) is 48.9 Å². The van der Waals surface area contributed by atoms with Crippen molar-refractivity contribution in [3.63, 3.8) is 0 Å². The molecule has 0 N–H and O–H groups in total. The van der Waals surface area contributed by atoms with Crippen LogP contribution in [0.4, 0.5) is 0 Å². The molecule has 2 aromatic carbocycles. The molecule has 0 aliphatic rings. The highest BCUT2D eigenvalue weighted by Gasteiger charge is 2.05. The van der Waals surface area contributed by atoms with E-state index in [1.54, 1.807) is 0 Å². The van der Waals surface area contributed by atoms with Gasteiger partial charge in [0.15, 0.2) is 0 Å². The second-order valence-electron chi connectivity index (χ2n) is 3.98. The van der Waals surface area contributed by atoms with E-state index < -0.39 is 0 Å². The topological polar surface area (TPSA) is 0 Å². The summed E-state index contributed by atoms with van der Waals surface area (Å²) >= 11 is 0. The van der Waals surface area contributed by atoms with E-state index in [1.807, 2.05) is 0 Å². The van der Waals surface area contributed by atoms with Crippen LogP contribution in [-0.4, -0.2) is 0 Å². The van der Waals surface area contributed by atoms with E-state index in [2.05, 4.69) is 57.2 Å². The molecule has 0 saturated heterocycles. The SMILES string of the molecule is [CH2]C(C)c1cc(C)cc2ccccc12. The number of benzene rings is 2. The van der Waals surface area contributed by atoms with Gasteiger partial charge in [0.1, 0.15) is 0 Å². The lowest BCUT2D eigenvalue weighted by Gasteiger charge is -2.11. The van der Waals surface area contributed by atoms with Crippen LogP contribution in [0.5, 0.6) is 0 Å². The zero-order chi connectivity index (χ0) is 10.1. The maximum Gasteiger partial charge on any atom is -0.0149 e. The van der Waals surface area contributed by atoms with Gasteiger partial charge in [0.05, 0.1) is 0 Å². The normalized spacial score (nSPS) is 11.1. The van der Waals surface area contributed by atoms with E-state index in [0.717, 1.165) is 0 Å². The Morgan fingerprint density at radius 2 is 1.86 bits per heavy atom. The number of hydrogen-bond donors (Lipinski definition) is 0. The van der Waals surface area contributed by atoms with Crippen LogP contribution in [0.15, 0.2) is 36.4 Å². The molecule has 0 nitrogen and oxygen atoms in total. The third-order valence-electron chi connectivity index (χ3n) is 2.57. The molecule has 0 heteroatoms. The molecular weight excluding hydrogens is 168 g/mol. The second-order valence-corrected chi connectivity index (χ2v) is 3.98. The Morgan fingerprint density at radius 3 is 2.57 bits per heavy atom. The van der Waals surface area contributed by atoms with Crippen molar-refractivity contribution < 1.29 is 0 Å². The van der Waals surface area contributed by atoms with Gasteiger partial charge in [-0.05, 0) is 36.1 Å². The monoisotopic (exact) mass is 183 g/mol. The molecule has 0 aliphatic heterocycles. The van der Waals surface area contributed by atoms with Crippen LogP contribution < -0.4 is 0 Å². The van der Waals surface area contributed by atoms with Crippen LogP contribution in [0, 0.1) is 13.8 Å². The molecule has 0 bridgehead atoms. The zero-order valence-corrected chi connectivity index (χ0v) is 8.75. The lowest BCUT2D eigenvalue weighted by Crippen LogP contribution is -1.90. The van der Waals surface area contributed by atoms with Gasteiger partial charge in [-0.25, -0.2) is 0 Å². The van der Waals surface area contributed by atoms with Crippen LogP contribution in [-0.2, 0) is 0 Å².